The molecular weight excluding hydrogens is 351 g/mol. The van der Waals surface area contributed by atoms with E-state index in [1.54, 1.807) is 18.3 Å². The van der Waals surface area contributed by atoms with Gasteiger partial charge in [0.2, 0.25) is 0 Å². The third-order valence-electron chi connectivity index (χ3n) is 4.48. The third kappa shape index (κ3) is 3.39. The van der Waals surface area contributed by atoms with Gasteiger partial charge in [0.05, 0.1) is 11.9 Å². The molecule has 1 fully saturated rings. The van der Waals surface area contributed by atoms with Crippen LogP contribution in [0.1, 0.15) is 33.8 Å². The van der Waals surface area contributed by atoms with Crippen LogP contribution >= 0.6 is 11.3 Å². The van der Waals surface area contributed by atoms with Gasteiger partial charge in [-0.3, -0.25) is 4.79 Å². The van der Waals surface area contributed by atoms with Gasteiger partial charge in [-0.05, 0) is 56.9 Å². The Morgan fingerprint density at radius 3 is 2.73 bits per heavy atom. The number of halogens is 1. The molecule has 0 radical (unpaired) electrons. The van der Waals surface area contributed by atoms with Crippen molar-refractivity contribution in [2.45, 2.75) is 33.2 Å². The zero-order valence-electron chi connectivity index (χ0n) is 14.6. The fourth-order valence-electron chi connectivity index (χ4n) is 2.81. The summed E-state index contributed by atoms with van der Waals surface area (Å²) in [4.78, 5) is 17.8. The van der Waals surface area contributed by atoms with Crippen molar-refractivity contribution in [2.75, 3.05) is 5.32 Å². The molecule has 1 aliphatic carbocycles. The van der Waals surface area contributed by atoms with E-state index in [0.29, 0.717) is 21.5 Å². The highest BCUT2D eigenvalue weighted by Crippen LogP contribution is 2.32. The van der Waals surface area contributed by atoms with Gasteiger partial charge in [0, 0.05) is 17.7 Å². The Hall–Kier alpha value is -2.54. The molecule has 4 rings (SSSR count). The lowest BCUT2D eigenvalue weighted by Gasteiger charge is -2.09. The van der Waals surface area contributed by atoms with Crippen LogP contribution in [0.5, 0.6) is 0 Å². The first kappa shape index (κ1) is 16.9. The van der Waals surface area contributed by atoms with Crippen LogP contribution in [0.25, 0.3) is 10.6 Å². The number of carbonyl (C=O) groups is 1. The lowest BCUT2D eigenvalue weighted by Crippen LogP contribution is -2.17. The molecule has 1 saturated carbocycles. The molecule has 0 saturated heterocycles. The number of benzene rings is 1. The molecule has 1 amide bonds. The predicted molar refractivity (Wildman–Crippen MR) is 99.9 cm³/mol. The van der Waals surface area contributed by atoms with Gasteiger partial charge in [0.1, 0.15) is 21.5 Å². The van der Waals surface area contributed by atoms with Crippen LogP contribution in [0, 0.1) is 25.6 Å². The number of amides is 1. The minimum Gasteiger partial charge on any atom is -0.306 e. The standard InChI is InChI=1S/C19H19FN4OS/c1-11-9-21-24(10-13-3-4-13)17(11)23-18(25)16-12(2)22-19(26-16)14-5-7-15(20)8-6-14/h5-9,13H,3-4,10H2,1-2H3,(H,23,25). The summed E-state index contributed by atoms with van der Waals surface area (Å²) in [5.41, 5.74) is 2.41. The maximum absolute atomic E-state index is 13.1. The molecule has 0 aliphatic heterocycles. The number of hydrogen-bond acceptors (Lipinski definition) is 4. The van der Waals surface area contributed by atoms with Crippen LogP contribution in [0.15, 0.2) is 30.5 Å². The van der Waals surface area contributed by atoms with E-state index in [-0.39, 0.29) is 11.7 Å². The summed E-state index contributed by atoms with van der Waals surface area (Å²) in [5, 5.41) is 8.08. The first-order valence-electron chi connectivity index (χ1n) is 8.58. The maximum atomic E-state index is 13.1. The number of rotatable bonds is 5. The largest absolute Gasteiger partial charge is 0.306 e. The average molecular weight is 370 g/mol. The van der Waals surface area contributed by atoms with E-state index >= 15 is 0 Å². The lowest BCUT2D eigenvalue weighted by molar-refractivity contribution is 0.102. The number of thiazole rings is 1. The molecule has 0 atom stereocenters. The highest BCUT2D eigenvalue weighted by molar-refractivity contribution is 7.17. The fourth-order valence-corrected chi connectivity index (χ4v) is 3.78. The molecule has 0 unspecified atom stereocenters. The van der Waals surface area contributed by atoms with Gasteiger partial charge >= 0.3 is 0 Å². The van der Waals surface area contributed by atoms with Crippen molar-refractivity contribution in [1.29, 1.82) is 0 Å². The normalized spacial score (nSPS) is 13.8. The summed E-state index contributed by atoms with van der Waals surface area (Å²) in [6.45, 7) is 4.59. The Bertz CT molecular complexity index is 957. The highest BCUT2D eigenvalue weighted by atomic mass is 32.1. The Balaban J connectivity index is 1.57. The van der Waals surface area contributed by atoms with E-state index < -0.39 is 0 Å². The van der Waals surface area contributed by atoms with Crippen LogP contribution < -0.4 is 5.32 Å². The number of nitrogens with one attached hydrogen (secondary N) is 1. The smallest absolute Gasteiger partial charge is 0.268 e. The van der Waals surface area contributed by atoms with E-state index in [1.165, 1.54) is 36.3 Å². The van der Waals surface area contributed by atoms with Crippen molar-refractivity contribution in [1.82, 2.24) is 14.8 Å². The molecule has 3 aromatic rings. The molecule has 1 N–H and O–H groups in total. The van der Waals surface area contributed by atoms with Crippen molar-refractivity contribution in [2.24, 2.45) is 5.92 Å². The SMILES string of the molecule is Cc1cnn(CC2CC2)c1NC(=O)c1sc(-c2ccc(F)cc2)nc1C. The summed E-state index contributed by atoms with van der Waals surface area (Å²) < 4.78 is 15.0. The van der Waals surface area contributed by atoms with E-state index in [4.69, 9.17) is 0 Å². The molecule has 7 heteroatoms. The van der Waals surface area contributed by atoms with Crippen molar-refractivity contribution in [3.05, 3.63) is 52.4 Å². The van der Waals surface area contributed by atoms with E-state index in [0.717, 1.165) is 23.5 Å². The zero-order valence-corrected chi connectivity index (χ0v) is 15.4. The number of aryl methyl sites for hydroxylation is 2. The molecule has 5 nitrogen and oxygen atoms in total. The molecule has 2 heterocycles. The Morgan fingerprint density at radius 1 is 1.31 bits per heavy atom. The van der Waals surface area contributed by atoms with Gasteiger partial charge < -0.3 is 5.32 Å². The number of hydrogen-bond donors (Lipinski definition) is 1. The summed E-state index contributed by atoms with van der Waals surface area (Å²) in [6, 6.07) is 6.13. The van der Waals surface area contributed by atoms with Crippen LogP contribution in [0.3, 0.4) is 0 Å². The first-order chi connectivity index (χ1) is 12.5. The predicted octanol–water partition coefficient (Wildman–Crippen LogP) is 4.42. The third-order valence-corrected chi connectivity index (χ3v) is 5.68. The number of nitrogens with zero attached hydrogens (tertiary/aromatic N) is 3. The molecule has 0 spiro atoms. The summed E-state index contributed by atoms with van der Waals surface area (Å²) in [7, 11) is 0. The summed E-state index contributed by atoms with van der Waals surface area (Å²) in [5.74, 6) is 0.937. The quantitative estimate of drug-likeness (QED) is 0.723. The van der Waals surface area contributed by atoms with Gasteiger partial charge in [0.15, 0.2) is 0 Å². The maximum Gasteiger partial charge on any atom is 0.268 e. The van der Waals surface area contributed by atoms with Gasteiger partial charge in [-0.2, -0.15) is 5.10 Å². The molecule has 1 aliphatic rings. The Kier molecular flexibility index (Phi) is 4.32. The van der Waals surface area contributed by atoms with Crippen molar-refractivity contribution in [3.8, 4) is 10.6 Å². The van der Waals surface area contributed by atoms with E-state index in [1.807, 2.05) is 18.5 Å². The minimum atomic E-state index is -0.292. The summed E-state index contributed by atoms with van der Waals surface area (Å²) in [6.07, 6.45) is 4.23. The second kappa shape index (κ2) is 6.64. The zero-order chi connectivity index (χ0) is 18.3. The van der Waals surface area contributed by atoms with Crippen LogP contribution in [0.2, 0.25) is 0 Å². The summed E-state index contributed by atoms with van der Waals surface area (Å²) >= 11 is 1.31. The second-order valence-corrected chi connectivity index (χ2v) is 7.70. The molecular formula is C19H19FN4OS. The highest BCUT2D eigenvalue weighted by Gasteiger charge is 2.25. The van der Waals surface area contributed by atoms with Crippen molar-refractivity contribution >= 4 is 23.1 Å². The van der Waals surface area contributed by atoms with Crippen LogP contribution in [0.4, 0.5) is 10.2 Å². The van der Waals surface area contributed by atoms with Gasteiger partial charge in [-0.15, -0.1) is 11.3 Å². The first-order valence-corrected chi connectivity index (χ1v) is 9.40. The second-order valence-electron chi connectivity index (χ2n) is 6.70. The minimum absolute atomic E-state index is 0.186. The fraction of sp³-hybridized carbons (Fsp3) is 0.316. The van der Waals surface area contributed by atoms with Crippen molar-refractivity contribution < 1.29 is 9.18 Å². The number of aromatic nitrogens is 3. The van der Waals surface area contributed by atoms with Gasteiger partial charge in [-0.1, -0.05) is 0 Å². The Morgan fingerprint density at radius 2 is 2.04 bits per heavy atom. The molecule has 0 bridgehead atoms. The van der Waals surface area contributed by atoms with Crippen LogP contribution in [-0.2, 0) is 6.54 Å². The molecule has 2 aromatic heterocycles. The van der Waals surface area contributed by atoms with Gasteiger partial charge in [0.25, 0.3) is 5.91 Å². The number of carbonyl (C=O) groups excluding carboxylic acids is 1. The topological polar surface area (TPSA) is 59.8 Å². The van der Waals surface area contributed by atoms with E-state index in [9.17, 15) is 9.18 Å². The van der Waals surface area contributed by atoms with Crippen LogP contribution in [-0.4, -0.2) is 20.7 Å². The molecule has 134 valence electrons. The van der Waals surface area contributed by atoms with Gasteiger partial charge in [-0.25, -0.2) is 14.1 Å². The molecule has 1 aromatic carbocycles. The van der Waals surface area contributed by atoms with Crippen molar-refractivity contribution in [3.63, 3.8) is 0 Å². The number of anilines is 1. The average Bonchev–Trinajstić information content (AvgIpc) is 3.26. The lowest BCUT2D eigenvalue weighted by atomic mass is 10.2. The van der Waals surface area contributed by atoms with E-state index in [2.05, 4.69) is 15.4 Å². The molecule has 26 heavy (non-hydrogen) atoms. The Labute approximate surface area is 154 Å². The monoisotopic (exact) mass is 370 g/mol.